The van der Waals surface area contributed by atoms with E-state index < -0.39 is 0 Å². The molecule has 1 amide bonds. The molecule has 0 bridgehead atoms. The highest BCUT2D eigenvalue weighted by molar-refractivity contribution is 7.80. The molecule has 0 radical (unpaired) electrons. The van der Waals surface area contributed by atoms with Crippen LogP contribution in [0.25, 0.3) is 0 Å². The van der Waals surface area contributed by atoms with Gasteiger partial charge in [0, 0.05) is 20.0 Å². The Labute approximate surface area is 92.9 Å². The van der Waals surface area contributed by atoms with Crippen molar-refractivity contribution in [1.82, 2.24) is 9.80 Å². The minimum absolute atomic E-state index is 0.0369. The SMILES string of the molecule is CC(=O)N(C)C(S)CCC(C)N(C)C. The van der Waals surface area contributed by atoms with E-state index in [1.54, 1.807) is 18.9 Å². The topological polar surface area (TPSA) is 23.6 Å². The van der Waals surface area contributed by atoms with E-state index >= 15 is 0 Å². The van der Waals surface area contributed by atoms with Gasteiger partial charge in [0.1, 0.15) is 0 Å². The number of hydrogen-bond donors (Lipinski definition) is 1. The molecule has 14 heavy (non-hydrogen) atoms. The molecular weight excluding hydrogens is 196 g/mol. The number of amides is 1. The second-order valence-corrected chi connectivity index (χ2v) is 4.60. The third-order valence-corrected chi connectivity index (χ3v) is 3.27. The van der Waals surface area contributed by atoms with Gasteiger partial charge in [-0.05, 0) is 33.9 Å². The van der Waals surface area contributed by atoms with Gasteiger partial charge < -0.3 is 9.80 Å². The van der Waals surface area contributed by atoms with Crippen molar-refractivity contribution in [2.45, 2.75) is 38.1 Å². The van der Waals surface area contributed by atoms with Gasteiger partial charge in [0.15, 0.2) is 0 Å². The fraction of sp³-hybridized carbons (Fsp3) is 0.900. The Morgan fingerprint density at radius 2 is 1.79 bits per heavy atom. The molecule has 4 heteroatoms. The second-order valence-electron chi connectivity index (χ2n) is 4.00. The summed E-state index contributed by atoms with van der Waals surface area (Å²) in [5.41, 5.74) is 0. The largest absolute Gasteiger partial charge is 0.334 e. The molecule has 0 saturated carbocycles. The van der Waals surface area contributed by atoms with Crippen LogP contribution < -0.4 is 0 Å². The first-order chi connectivity index (χ1) is 6.36. The van der Waals surface area contributed by atoms with Crippen LogP contribution in [-0.2, 0) is 4.79 Å². The quantitative estimate of drug-likeness (QED) is 0.558. The van der Waals surface area contributed by atoms with Gasteiger partial charge in [0.25, 0.3) is 0 Å². The van der Waals surface area contributed by atoms with Crippen molar-refractivity contribution < 1.29 is 4.79 Å². The monoisotopic (exact) mass is 218 g/mol. The highest BCUT2D eigenvalue weighted by Gasteiger charge is 2.14. The van der Waals surface area contributed by atoms with E-state index in [0.29, 0.717) is 6.04 Å². The highest BCUT2D eigenvalue weighted by atomic mass is 32.1. The number of nitrogens with zero attached hydrogens (tertiary/aromatic N) is 2. The van der Waals surface area contributed by atoms with Gasteiger partial charge in [0.05, 0.1) is 5.37 Å². The van der Waals surface area contributed by atoms with Crippen LogP contribution >= 0.6 is 12.6 Å². The van der Waals surface area contributed by atoms with Crippen molar-refractivity contribution in [3.05, 3.63) is 0 Å². The molecule has 84 valence electrons. The lowest BCUT2D eigenvalue weighted by atomic mass is 10.1. The molecule has 0 aliphatic heterocycles. The van der Waals surface area contributed by atoms with Crippen LogP contribution in [0.5, 0.6) is 0 Å². The Kier molecular flexibility index (Phi) is 6.20. The van der Waals surface area contributed by atoms with Crippen LogP contribution in [0.2, 0.25) is 0 Å². The summed E-state index contributed by atoms with van der Waals surface area (Å²) in [5, 5.41) is 0.0369. The van der Waals surface area contributed by atoms with E-state index in [1.807, 2.05) is 0 Å². The molecular formula is C10H22N2OS. The third kappa shape index (κ3) is 4.86. The number of rotatable bonds is 5. The fourth-order valence-electron chi connectivity index (χ4n) is 1.05. The molecule has 0 spiro atoms. The zero-order valence-corrected chi connectivity index (χ0v) is 10.7. The summed E-state index contributed by atoms with van der Waals surface area (Å²) >= 11 is 4.39. The normalized spacial score (nSPS) is 15.4. The Balaban J connectivity index is 3.84. The number of carbonyl (C=O) groups is 1. The van der Waals surface area contributed by atoms with E-state index in [2.05, 4.69) is 38.5 Å². The summed E-state index contributed by atoms with van der Waals surface area (Å²) in [5.74, 6) is 0.0718. The predicted octanol–water partition coefficient (Wildman–Crippen LogP) is 1.45. The van der Waals surface area contributed by atoms with Crippen molar-refractivity contribution in [3.63, 3.8) is 0 Å². The van der Waals surface area contributed by atoms with Gasteiger partial charge in [-0.25, -0.2) is 0 Å². The Morgan fingerprint density at radius 3 is 2.14 bits per heavy atom. The maximum absolute atomic E-state index is 11.0. The first-order valence-electron chi connectivity index (χ1n) is 4.94. The summed E-state index contributed by atoms with van der Waals surface area (Å²) in [6, 6.07) is 0.532. The summed E-state index contributed by atoms with van der Waals surface area (Å²) in [7, 11) is 5.92. The average Bonchev–Trinajstić information content (AvgIpc) is 2.11. The maximum Gasteiger partial charge on any atom is 0.220 e. The third-order valence-electron chi connectivity index (χ3n) is 2.67. The summed E-state index contributed by atoms with van der Waals surface area (Å²) in [6.45, 7) is 3.74. The molecule has 0 rings (SSSR count). The van der Waals surface area contributed by atoms with Crippen molar-refractivity contribution in [2.75, 3.05) is 21.1 Å². The van der Waals surface area contributed by atoms with E-state index in [0.717, 1.165) is 12.8 Å². The number of hydrogen-bond acceptors (Lipinski definition) is 3. The van der Waals surface area contributed by atoms with Crippen LogP contribution in [-0.4, -0.2) is 48.3 Å². The minimum Gasteiger partial charge on any atom is -0.334 e. The van der Waals surface area contributed by atoms with Gasteiger partial charge in [-0.15, -0.1) is 0 Å². The summed E-state index contributed by atoms with van der Waals surface area (Å²) in [6.07, 6.45) is 1.98. The second kappa shape index (κ2) is 6.30. The molecule has 0 aromatic rings. The van der Waals surface area contributed by atoms with Crippen molar-refractivity contribution in [2.24, 2.45) is 0 Å². The molecule has 3 nitrogen and oxygen atoms in total. The summed E-state index contributed by atoms with van der Waals surface area (Å²) < 4.78 is 0. The van der Waals surface area contributed by atoms with Crippen LogP contribution in [0.15, 0.2) is 0 Å². The molecule has 0 aliphatic rings. The number of thiol groups is 1. The molecule has 0 aromatic heterocycles. The molecule has 0 fully saturated rings. The predicted molar refractivity (Wildman–Crippen MR) is 63.6 cm³/mol. The maximum atomic E-state index is 11.0. The lowest BCUT2D eigenvalue weighted by Crippen LogP contribution is -2.33. The first-order valence-corrected chi connectivity index (χ1v) is 5.45. The Hall–Kier alpha value is -0.220. The first kappa shape index (κ1) is 13.8. The average molecular weight is 218 g/mol. The van der Waals surface area contributed by atoms with E-state index in [1.165, 1.54) is 0 Å². The van der Waals surface area contributed by atoms with Crippen LogP contribution in [0.3, 0.4) is 0 Å². The molecule has 0 heterocycles. The lowest BCUT2D eigenvalue weighted by Gasteiger charge is -2.26. The standard InChI is InChI=1S/C10H22N2OS/c1-8(11(3)4)6-7-10(14)12(5)9(2)13/h8,10,14H,6-7H2,1-5H3. The van der Waals surface area contributed by atoms with E-state index in [9.17, 15) is 4.79 Å². The molecule has 0 saturated heterocycles. The zero-order chi connectivity index (χ0) is 11.3. The summed E-state index contributed by atoms with van der Waals surface area (Å²) in [4.78, 5) is 14.9. The molecule has 2 atom stereocenters. The highest BCUT2D eigenvalue weighted by Crippen LogP contribution is 2.12. The molecule has 0 aliphatic carbocycles. The van der Waals surface area contributed by atoms with Gasteiger partial charge in [-0.1, -0.05) is 0 Å². The Morgan fingerprint density at radius 1 is 1.29 bits per heavy atom. The minimum atomic E-state index is 0.0369. The molecule has 0 aromatic carbocycles. The number of carbonyl (C=O) groups excluding carboxylic acids is 1. The van der Waals surface area contributed by atoms with Gasteiger partial charge in [-0.2, -0.15) is 12.6 Å². The van der Waals surface area contributed by atoms with Crippen LogP contribution in [0.1, 0.15) is 26.7 Å². The van der Waals surface area contributed by atoms with E-state index in [-0.39, 0.29) is 11.3 Å². The van der Waals surface area contributed by atoms with Crippen molar-refractivity contribution in [1.29, 1.82) is 0 Å². The lowest BCUT2D eigenvalue weighted by molar-refractivity contribution is -0.128. The van der Waals surface area contributed by atoms with Crippen LogP contribution in [0, 0.1) is 0 Å². The van der Waals surface area contributed by atoms with Gasteiger partial charge in [0.2, 0.25) is 5.91 Å². The van der Waals surface area contributed by atoms with Gasteiger partial charge >= 0.3 is 0 Å². The Bertz CT molecular complexity index is 185. The molecule has 0 N–H and O–H groups in total. The smallest absolute Gasteiger partial charge is 0.220 e. The van der Waals surface area contributed by atoms with E-state index in [4.69, 9.17) is 0 Å². The fourth-order valence-corrected chi connectivity index (χ4v) is 1.36. The molecule has 2 unspecified atom stereocenters. The van der Waals surface area contributed by atoms with Crippen LogP contribution in [0.4, 0.5) is 0 Å². The van der Waals surface area contributed by atoms with Crippen molar-refractivity contribution in [3.8, 4) is 0 Å². The van der Waals surface area contributed by atoms with Crippen molar-refractivity contribution >= 4 is 18.5 Å². The van der Waals surface area contributed by atoms with Gasteiger partial charge in [-0.3, -0.25) is 4.79 Å². The zero-order valence-electron chi connectivity index (χ0n) is 9.82.